The van der Waals surface area contributed by atoms with Crippen LogP contribution >= 0.6 is 0 Å². The number of nitrogens with zero attached hydrogens (tertiary/aromatic N) is 5. The van der Waals surface area contributed by atoms with Gasteiger partial charge in [0.25, 0.3) is 0 Å². The van der Waals surface area contributed by atoms with Crippen LogP contribution in [-0.2, 0) is 0 Å². The number of hydrogen-bond donors (Lipinski definition) is 2. The van der Waals surface area contributed by atoms with Crippen molar-refractivity contribution in [2.24, 2.45) is 0 Å². The molecule has 0 saturated heterocycles. The molecule has 0 saturated carbocycles. The topological polar surface area (TPSA) is 86.4 Å². The lowest BCUT2D eigenvalue weighted by atomic mass is 10.1. The number of nitrogens with one attached hydrogen (secondary N) is 2. The average Bonchev–Trinajstić information content (AvgIpc) is 3.47. The number of anilines is 1. The Hall–Kier alpha value is -4.52. The molecule has 0 atom stereocenters. The summed E-state index contributed by atoms with van der Waals surface area (Å²) in [6, 6.07) is 16.7. The van der Waals surface area contributed by atoms with Crippen molar-refractivity contribution in [1.82, 2.24) is 30.1 Å². The summed E-state index contributed by atoms with van der Waals surface area (Å²) >= 11 is 0. The van der Waals surface area contributed by atoms with E-state index >= 15 is 0 Å². The highest BCUT2D eigenvalue weighted by molar-refractivity contribution is 5.99. The maximum Gasteiger partial charge on any atom is 0.135 e. The van der Waals surface area contributed by atoms with Crippen molar-refractivity contribution in [3.63, 3.8) is 0 Å². The van der Waals surface area contributed by atoms with Crippen molar-refractivity contribution in [3.8, 4) is 33.8 Å². The van der Waals surface area contributed by atoms with Gasteiger partial charge in [-0.2, -0.15) is 5.10 Å². The summed E-state index contributed by atoms with van der Waals surface area (Å²) in [7, 11) is 4.10. The summed E-state index contributed by atoms with van der Waals surface area (Å²) in [6.45, 7) is 2.11. The third-order valence-corrected chi connectivity index (χ3v) is 6.06. The molecular formula is C27H23N7. The van der Waals surface area contributed by atoms with Crippen LogP contribution < -0.4 is 4.90 Å². The van der Waals surface area contributed by atoms with Gasteiger partial charge in [0.05, 0.1) is 28.6 Å². The van der Waals surface area contributed by atoms with E-state index in [1.807, 2.05) is 57.0 Å². The van der Waals surface area contributed by atoms with Gasteiger partial charge in [0, 0.05) is 60.4 Å². The quantitative estimate of drug-likeness (QED) is 0.369. The van der Waals surface area contributed by atoms with Crippen molar-refractivity contribution >= 4 is 27.6 Å². The van der Waals surface area contributed by atoms with E-state index in [1.165, 1.54) is 5.56 Å². The second-order valence-corrected chi connectivity index (χ2v) is 8.69. The van der Waals surface area contributed by atoms with Gasteiger partial charge in [-0.1, -0.05) is 6.07 Å². The van der Waals surface area contributed by atoms with Crippen LogP contribution in [0.5, 0.6) is 0 Å². The highest BCUT2D eigenvalue weighted by Crippen LogP contribution is 2.34. The van der Waals surface area contributed by atoms with E-state index < -0.39 is 0 Å². The van der Waals surface area contributed by atoms with Gasteiger partial charge in [-0.3, -0.25) is 15.1 Å². The standard InChI is InChI=1S/C27H23N7/c1-16-9-18(11-19(10-16)34(2)3)22-6-7-23-26(31-22)27(33-32-23)24-12-20-21(14-29-15-25(20)30-24)17-5-4-8-28-13-17/h4-15,30H,1-3H3,(H,32,33). The Bertz CT molecular complexity index is 1640. The molecule has 7 nitrogen and oxygen atoms in total. The molecule has 0 unspecified atom stereocenters. The third kappa shape index (κ3) is 3.38. The highest BCUT2D eigenvalue weighted by Gasteiger charge is 2.16. The molecule has 0 aliphatic heterocycles. The zero-order chi connectivity index (χ0) is 23.2. The van der Waals surface area contributed by atoms with Gasteiger partial charge in [0.2, 0.25) is 0 Å². The fourth-order valence-electron chi connectivity index (χ4n) is 4.35. The predicted octanol–water partition coefficient (Wildman–Crippen LogP) is 5.60. The molecule has 6 rings (SSSR count). The maximum atomic E-state index is 5.02. The molecule has 2 N–H and O–H groups in total. The molecule has 0 aliphatic carbocycles. The minimum absolute atomic E-state index is 0.783. The molecule has 0 bridgehead atoms. The molecule has 166 valence electrons. The normalized spacial score (nSPS) is 11.4. The zero-order valence-electron chi connectivity index (χ0n) is 19.2. The van der Waals surface area contributed by atoms with Gasteiger partial charge < -0.3 is 9.88 Å². The molecule has 0 spiro atoms. The summed E-state index contributed by atoms with van der Waals surface area (Å²) in [4.78, 5) is 19.3. The Morgan fingerprint density at radius 2 is 1.76 bits per heavy atom. The summed E-state index contributed by atoms with van der Waals surface area (Å²) < 4.78 is 0. The number of aromatic nitrogens is 6. The van der Waals surface area contributed by atoms with Crippen molar-refractivity contribution < 1.29 is 0 Å². The van der Waals surface area contributed by atoms with Crippen LogP contribution in [-0.4, -0.2) is 44.2 Å². The van der Waals surface area contributed by atoms with E-state index in [9.17, 15) is 0 Å². The van der Waals surface area contributed by atoms with Gasteiger partial charge in [-0.05, 0) is 55.0 Å². The number of H-pyrrole nitrogens is 2. The van der Waals surface area contributed by atoms with Crippen LogP contribution in [0.1, 0.15) is 5.56 Å². The first-order valence-corrected chi connectivity index (χ1v) is 11.1. The summed E-state index contributed by atoms with van der Waals surface area (Å²) in [5.41, 5.74) is 10.7. The monoisotopic (exact) mass is 445 g/mol. The lowest BCUT2D eigenvalue weighted by Crippen LogP contribution is -2.08. The fourth-order valence-corrected chi connectivity index (χ4v) is 4.35. The number of fused-ring (bicyclic) bond motifs is 2. The number of aryl methyl sites for hydroxylation is 1. The molecule has 6 aromatic rings. The van der Waals surface area contributed by atoms with Gasteiger partial charge in [-0.25, -0.2) is 4.98 Å². The number of rotatable bonds is 4. The Morgan fingerprint density at radius 1 is 0.853 bits per heavy atom. The van der Waals surface area contributed by atoms with Crippen LogP contribution in [0.25, 0.3) is 55.7 Å². The van der Waals surface area contributed by atoms with Crippen LogP contribution in [0.4, 0.5) is 5.69 Å². The van der Waals surface area contributed by atoms with Crippen LogP contribution in [0, 0.1) is 6.92 Å². The number of hydrogen-bond acceptors (Lipinski definition) is 5. The van der Waals surface area contributed by atoms with Crippen molar-refractivity contribution in [1.29, 1.82) is 0 Å². The zero-order valence-corrected chi connectivity index (χ0v) is 19.2. The van der Waals surface area contributed by atoms with Crippen molar-refractivity contribution in [3.05, 3.63) is 78.9 Å². The Morgan fingerprint density at radius 3 is 2.59 bits per heavy atom. The Labute approximate surface area is 196 Å². The number of benzene rings is 1. The summed E-state index contributed by atoms with van der Waals surface area (Å²) in [5, 5.41) is 8.80. The molecular weight excluding hydrogens is 422 g/mol. The molecule has 7 heteroatoms. The van der Waals surface area contributed by atoms with Crippen LogP contribution in [0.15, 0.2) is 73.3 Å². The minimum Gasteiger partial charge on any atom is -0.378 e. The molecule has 1 aromatic carbocycles. The average molecular weight is 446 g/mol. The fraction of sp³-hybridized carbons (Fsp3) is 0.111. The number of aromatic amines is 2. The van der Waals surface area contributed by atoms with Gasteiger partial charge in [0.1, 0.15) is 11.2 Å². The second-order valence-electron chi connectivity index (χ2n) is 8.69. The molecule has 5 aromatic heterocycles. The van der Waals surface area contributed by atoms with Gasteiger partial charge in [-0.15, -0.1) is 0 Å². The first-order valence-electron chi connectivity index (χ1n) is 11.1. The van der Waals surface area contributed by atoms with E-state index in [0.29, 0.717) is 0 Å². The van der Waals surface area contributed by atoms with E-state index in [1.54, 1.807) is 6.20 Å². The smallest absolute Gasteiger partial charge is 0.135 e. The van der Waals surface area contributed by atoms with Crippen molar-refractivity contribution in [2.75, 3.05) is 19.0 Å². The summed E-state index contributed by atoms with van der Waals surface area (Å²) in [6.07, 6.45) is 7.33. The van der Waals surface area contributed by atoms with E-state index in [4.69, 9.17) is 4.98 Å². The van der Waals surface area contributed by atoms with E-state index in [-0.39, 0.29) is 0 Å². The first kappa shape index (κ1) is 20.1. The summed E-state index contributed by atoms with van der Waals surface area (Å²) in [5.74, 6) is 0. The minimum atomic E-state index is 0.783. The Kier molecular flexibility index (Phi) is 4.62. The Balaban J connectivity index is 1.49. The van der Waals surface area contributed by atoms with E-state index in [2.05, 4.69) is 61.2 Å². The SMILES string of the molecule is Cc1cc(-c2ccc3[nH]nc(-c4cc5c(-c6cccnc6)cncc5[nH]4)c3n2)cc(N(C)C)c1. The van der Waals surface area contributed by atoms with Crippen LogP contribution in [0.2, 0.25) is 0 Å². The molecule has 0 fully saturated rings. The highest BCUT2D eigenvalue weighted by atomic mass is 15.1. The predicted molar refractivity (Wildman–Crippen MR) is 137 cm³/mol. The van der Waals surface area contributed by atoms with E-state index in [0.717, 1.165) is 61.4 Å². The van der Waals surface area contributed by atoms with Crippen LogP contribution in [0.3, 0.4) is 0 Å². The molecule has 5 heterocycles. The lowest BCUT2D eigenvalue weighted by molar-refractivity contribution is 1.12. The van der Waals surface area contributed by atoms with Gasteiger partial charge >= 0.3 is 0 Å². The molecule has 34 heavy (non-hydrogen) atoms. The maximum absolute atomic E-state index is 5.02. The molecule has 0 radical (unpaired) electrons. The van der Waals surface area contributed by atoms with Crippen molar-refractivity contribution in [2.45, 2.75) is 6.92 Å². The molecule has 0 aliphatic rings. The first-order chi connectivity index (χ1) is 16.6. The third-order valence-electron chi connectivity index (χ3n) is 6.06. The molecule has 0 amide bonds. The largest absolute Gasteiger partial charge is 0.378 e. The second kappa shape index (κ2) is 7.81. The number of pyridine rings is 3. The lowest BCUT2D eigenvalue weighted by Gasteiger charge is -2.15. The van der Waals surface area contributed by atoms with Gasteiger partial charge in [0.15, 0.2) is 0 Å².